The number of aliphatic carboxylic acids is 1. The van der Waals surface area contributed by atoms with Crippen LogP contribution in [-0.4, -0.2) is 55.0 Å². The Bertz CT molecular complexity index is 1070. The lowest BCUT2D eigenvalue weighted by Crippen LogP contribution is -2.39. The molecule has 8 heteroatoms. The van der Waals surface area contributed by atoms with E-state index >= 15 is 0 Å². The Labute approximate surface area is 204 Å². The number of rotatable bonds is 7. The molecule has 184 valence electrons. The minimum absolute atomic E-state index is 0.00412. The molecule has 2 unspecified atom stereocenters. The molecule has 1 heterocycles. The highest BCUT2D eigenvalue weighted by Gasteiger charge is 2.36. The van der Waals surface area contributed by atoms with E-state index in [1.807, 2.05) is 24.3 Å². The maximum Gasteiger partial charge on any atom is 0.407 e. The van der Waals surface area contributed by atoms with Crippen molar-refractivity contribution in [2.24, 2.45) is 11.8 Å². The lowest BCUT2D eigenvalue weighted by molar-refractivity contribution is -0.149. The second-order valence-electron chi connectivity index (χ2n) is 9.60. The normalized spacial score (nSPS) is 25.0. The van der Waals surface area contributed by atoms with Crippen LogP contribution in [0.15, 0.2) is 48.5 Å². The molecule has 1 saturated carbocycles. The first kappa shape index (κ1) is 23.4. The summed E-state index contributed by atoms with van der Waals surface area (Å²) in [5, 5.41) is 15.0. The van der Waals surface area contributed by atoms with Crippen LogP contribution < -0.4 is 10.6 Å². The van der Waals surface area contributed by atoms with Gasteiger partial charge in [-0.15, -0.1) is 0 Å². The van der Waals surface area contributed by atoms with Crippen LogP contribution in [0.25, 0.3) is 11.1 Å². The van der Waals surface area contributed by atoms with Crippen molar-refractivity contribution in [1.82, 2.24) is 10.6 Å². The monoisotopic (exact) mass is 478 g/mol. The maximum atomic E-state index is 12.6. The number of ether oxygens (including phenoxy) is 2. The molecule has 0 aromatic heterocycles. The molecule has 2 aromatic rings. The molecule has 2 aliphatic carbocycles. The zero-order valence-electron chi connectivity index (χ0n) is 19.4. The molecule has 0 spiro atoms. The molecule has 0 bridgehead atoms. The summed E-state index contributed by atoms with van der Waals surface area (Å²) in [7, 11) is 0. The fourth-order valence-electron chi connectivity index (χ4n) is 5.65. The van der Waals surface area contributed by atoms with Gasteiger partial charge in [0.1, 0.15) is 6.61 Å². The lowest BCUT2D eigenvalue weighted by Gasteiger charge is -2.18. The molecular formula is C27H30N2O6. The number of amides is 2. The molecule has 3 N–H and O–H groups in total. The van der Waals surface area contributed by atoms with Gasteiger partial charge < -0.3 is 25.2 Å². The van der Waals surface area contributed by atoms with E-state index in [-0.39, 0.29) is 42.9 Å². The molecule has 2 fully saturated rings. The Kier molecular flexibility index (Phi) is 6.72. The summed E-state index contributed by atoms with van der Waals surface area (Å²) in [6, 6.07) is 16.3. The van der Waals surface area contributed by atoms with Gasteiger partial charge in [-0.3, -0.25) is 4.79 Å². The summed E-state index contributed by atoms with van der Waals surface area (Å²) in [5.74, 6) is -1.51. The van der Waals surface area contributed by atoms with E-state index in [4.69, 9.17) is 9.47 Å². The number of benzene rings is 2. The smallest absolute Gasteiger partial charge is 0.407 e. The molecule has 5 rings (SSSR count). The fourth-order valence-corrected chi connectivity index (χ4v) is 5.65. The molecule has 35 heavy (non-hydrogen) atoms. The first-order chi connectivity index (χ1) is 17.0. The fraction of sp³-hybridized carbons (Fsp3) is 0.444. The molecule has 1 aliphatic heterocycles. The van der Waals surface area contributed by atoms with Crippen molar-refractivity contribution in [2.75, 3.05) is 19.8 Å². The number of nitrogens with one attached hydrogen (secondary N) is 2. The summed E-state index contributed by atoms with van der Waals surface area (Å²) in [6.45, 7) is 0.939. The van der Waals surface area contributed by atoms with Gasteiger partial charge in [-0.1, -0.05) is 48.5 Å². The topological polar surface area (TPSA) is 114 Å². The zero-order chi connectivity index (χ0) is 24.4. The van der Waals surface area contributed by atoms with Gasteiger partial charge in [0.05, 0.1) is 0 Å². The van der Waals surface area contributed by atoms with Gasteiger partial charge in [-0.05, 0) is 47.9 Å². The number of carboxylic acid groups (broad SMARTS) is 1. The number of carbonyl (C=O) groups is 3. The number of carbonyl (C=O) groups excluding carboxylic acids is 2. The Balaban J connectivity index is 1.09. The maximum absolute atomic E-state index is 12.6. The highest BCUT2D eigenvalue weighted by Crippen LogP contribution is 2.44. The van der Waals surface area contributed by atoms with Crippen molar-refractivity contribution >= 4 is 18.0 Å². The highest BCUT2D eigenvalue weighted by molar-refractivity contribution is 5.80. The van der Waals surface area contributed by atoms with Crippen molar-refractivity contribution in [3.05, 3.63) is 59.7 Å². The van der Waals surface area contributed by atoms with E-state index in [0.717, 1.165) is 11.1 Å². The third kappa shape index (κ3) is 4.89. The summed E-state index contributed by atoms with van der Waals surface area (Å²) in [6.07, 6.45) is 1.20. The zero-order valence-corrected chi connectivity index (χ0v) is 19.4. The van der Waals surface area contributed by atoms with Gasteiger partial charge in [-0.2, -0.15) is 0 Å². The Morgan fingerprint density at radius 3 is 2.34 bits per heavy atom. The van der Waals surface area contributed by atoms with Crippen LogP contribution in [0.4, 0.5) is 4.79 Å². The van der Waals surface area contributed by atoms with Crippen molar-refractivity contribution in [2.45, 2.75) is 43.7 Å². The Morgan fingerprint density at radius 1 is 0.971 bits per heavy atom. The third-order valence-electron chi connectivity index (χ3n) is 7.47. The lowest BCUT2D eigenvalue weighted by atomic mass is 9.98. The molecular weight excluding hydrogens is 448 g/mol. The number of alkyl carbamates (subject to hydrolysis) is 1. The highest BCUT2D eigenvalue weighted by atomic mass is 16.5. The van der Waals surface area contributed by atoms with E-state index in [0.29, 0.717) is 32.3 Å². The van der Waals surface area contributed by atoms with E-state index in [1.165, 1.54) is 11.1 Å². The second kappa shape index (κ2) is 10.1. The van der Waals surface area contributed by atoms with Crippen LogP contribution in [0.1, 0.15) is 42.7 Å². The number of carboxylic acids is 1. The second-order valence-corrected chi connectivity index (χ2v) is 9.60. The van der Waals surface area contributed by atoms with Gasteiger partial charge >= 0.3 is 12.1 Å². The number of hydrogen-bond acceptors (Lipinski definition) is 5. The van der Waals surface area contributed by atoms with Crippen molar-refractivity contribution in [3.63, 3.8) is 0 Å². The standard InChI is InChI=1S/C27H30N2O6/c30-25(28-14-17-11-12-34-24(17)26(31)32)16-9-10-18(13-16)29-27(33)35-15-23-21-7-3-1-5-19(21)20-6-2-4-8-22(20)23/h1-8,16-18,23-24H,9-15H2,(H,28,30)(H,29,33)(H,31,32)/t16?,17-,18?,24-/m1/s1. The molecule has 8 nitrogen and oxygen atoms in total. The van der Waals surface area contributed by atoms with Gasteiger partial charge in [0.25, 0.3) is 0 Å². The minimum atomic E-state index is -0.991. The molecule has 3 aliphatic rings. The van der Waals surface area contributed by atoms with Crippen LogP contribution in [0.2, 0.25) is 0 Å². The quantitative estimate of drug-likeness (QED) is 0.563. The summed E-state index contributed by atoms with van der Waals surface area (Å²) in [4.78, 5) is 36.4. The van der Waals surface area contributed by atoms with E-state index in [2.05, 4.69) is 34.9 Å². The summed E-state index contributed by atoms with van der Waals surface area (Å²) >= 11 is 0. The molecule has 2 aromatic carbocycles. The van der Waals surface area contributed by atoms with Crippen molar-refractivity contribution in [3.8, 4) is 11.1 Å². The first-order valence-corrected chi connectivity index (χ1v) is 12.2. The predicted octanol–water partition coefficient (Wildman–Crippen LogP) is 3.30. The first-order valence-electron chi connectivity index (χ1n) is 12.2. The van der Waals surface area contributed by atoms with Crippen LogP contribution in [0.3, 0.4) is 0 Å². The molecule has 1 saturated heterocycles. The molecule has 4 atom stereocenters. The Hall–Kier alpha value is -3.39. The van der Waals surface area contributed by atoms with E-state index < -0.39 is 18.2 Å². The van der Waals surface area contributed by atoms with Crippen molar-refractivity contribution in [1.29, 1.82) is 0 Å². The summed E-state index contributed by atoms with van der Waals surface area (Å²) < 4.78 is 10.9. The minimum Gasteiger partial charge on any atom is -0.479 e. The average molecular weight is 479 g/mol. The summed E-state index contributed by atoms with van der Waals surface area (Å²) in [5.41, 5.74) is 4.69. The van der Waals surface area contributed by atoms with Gasteiger partial charge in [-0.25, -0.2) is 9.59 Å². The van der Waals surface area contributed by atoms with Crippen LogP contribution in [0.5, 0.6) is 0 Å². The SMILES string of the molecule is O=C(NC1CCC(C(=O)NC[C@H]2CCO[C@H]2C(=O)O)C1)OCC1c2ccccc2-c2ccccc21. The molecule has 2 amide bonds. The predicted molar refractivity (Wildman–Crippen MR) is 128 cm³/mol. The van der Waals surface area contributed by atoms with E-state index in [1.54, 1.807) is 0 Å². The number of fused-ring (bicyclic) bond motifs is 3. The van der Waals surface area contributed by atoms with Crippen molar-refractivity contribution < 1.29 is 29.0 Å². The largest absolute Gasteiger partial charge is 0.479 e. The third-order valence-corrected chi connectivity index (χ3v) is 7.47. The Morgan fingerprint density at radius 2 is 1.66 bits per heavy atom. The van der Waals surface area contributed by atoms with Crippen LogP contribution in [-0.2, 0) is 19.1 Å². The van der Waals surface area contributed by atoms with E-state index in [9.17, 15) is 19.5 Å². The molecule has 0 radical (unpaired) electrons. The van der Waals surface area contributed by atoms with Crippen LogP contribution in [0, 0.1) is 11.8 Å². The van der Waals surface area contributed by atoms with Crippen LogP contribution >= 0.6 is 0 Å². The number of hydrogen-bond donors (Lipinski definition) is 3. The van der Waals surface area contributed by atoms with Gasteiger partial charge in [0.15, 0.2) is 6.10 Å². The van der Waals surface area contributed by atoms with Gasteiger partial charge in [0.2, 0.25) is 5.91 Å². The van der Waals surface area contributed by atoms with Gasteiger partial charge in [0, 0.05) is 36.9 Å². The average Bonchev–Trinajstić information content (AvgIpc) is 3.59.